The van der Waals surface area contributed by atoms with Gasteiger partial charge in [-0.3, -0.25) is 4.79 Å². The zero-order chi connectivity index (χ0) is 17.6. The number of alkyl halides is 3. The van der Waals surface area contributed by atoms with E-state index < -0.39 is 29.7 Å². The average molecular weight is 331 g/mol. The molecule has 0 aliphatic rings. The first-order valence-corrected chi connectivity index (χ1v) is 7.22. The van der Waals surface area contributed by atoms with Gasteiger partial charge in [0, 0.05) is 0 Å². The van der Waals surface area contributed by atoms with Gasteiger partial charge in [0.2, 0.25) is 5.91 Å². The monoisotopic (exact) mass is 331 g/mol. The van der Waals surface area contributed by atoms with Gasteiger partial charge in [0.1, 0.15) is 6.04 Å². The van der Waals surface area contributed by atoms with Gasteiger partial charge in [-0.1, -0.05) is 38.5 Å². The molecule has 1 rings (SSSR count). The van der Waals surface area contributed by atoms with E-state index >= 15 is 0 Å². The Balaban J connectivity index is 2.81. The Hall–Kier alpha value is -2.05. The SMILES string of the molecule is CC[C@@H](C)[C@@H](NC(=O)Cc1cccc(C(F)(F)F)c1)C(=O)OC. The number of rotatable bonds is 6. The van der Waals surface area contributed by atoms with E-state index in [4.69, 9.17) is 0 Å². The molecule has 0 heterocycles. The molecule has 0 spiro atoms. The lowest BCUT2D eigenvalue weighted by Crippen LogP contribution is -2.46. The van der Waals surface area contributed by atoms with E-state index in [1.165, 1.54) is 19.2 Å². The number of benzene rings is 1. The predicted molar refractivity (Wildman–Crippen MR) is 78.5 cm³/mol. The molecular formula is C16H20F3NO3. The Labute approximate surface area is 133 Å². The fraction of sp³-hybridized carbons (Fsp3) is 0.500. The second kappa shape index (κ2) is 7.99. The minimum absolute atomic E-state index is 0.145. The highest BCUT2D eigenvalue weighted by atomic mass is 19.4. The van der Waals surface area contributed by atoms with E-state index in [0.29, 0.717) is 6.42 Å². The van der Waals surface area contributed by atoms with Crippen molar-refractivity contribution in [2.24, 2.45) is 5.92 Å². The lowest BCUT2D eigenvalue weighted by atomic mass is 9.98. The van der Waals surface area contributed by atoms with Crippen molar-refractivity contribution in [1.82, 2.24) is 5.32 Å². The highest BCUT2D eigenvalue weighted by molar-refractivity contribution is 5.85. The predicted octanol–water partition coefficient (Wildman–Crippen LogP) is 2.95. The first-order valence-electron chi connectivity index (χ1n) is 7.22. The molecule has 0 saturated carbocycles. The van der Waals surface area contributed by atoms with Crippen molar-refractivity contribution in [3.05, 3.63) is 35.4 Å². The number of carbonyl (C=O) groups is 2. The molecule has 0 saturated heterocycles. The molecule has 0 bridgehead atoms. The number of ether oxygens (including phenoxy) is 1. The Morgan fingerprint density at radius 1 is 1.30 bits per heavy atom. The Bertz CT molecular complexity index is 558. The van der Waals surface area contributed by atoms with Crippen molar-refractivity contribution in [1.29, 1.82) is 0 Å². The molecule has 2 atom stereocenters. The number of amides is 1. The summed E-state index contributed by atoms with van der Waals surface area (Å²) in [6, 6.07) is 3.74. The molecule has 4 nitrogen and oxygen atoms in total. The first-order chi connectivity index (χ1) is 10.7. The molecule has 23 heavy (non-hydrogen) atoms. The van der Waals surface area contributed by atoms with Crippen LogP contribution in [-0.2, 0) is 26.9 Å². The Kier molecular flexibility index (Phi) is 6.60. The number of nitrogens with one attached hydrogen (secondary N) is 1. The molecule has 0 radical (unpaired) electrons. The van der Waals surface area contributed by atoms with Crippen molar-refractivity contribution in [2.45, 2.75) is 38.9 Å². The van der Waals surface area contributed by atoms with Crippen LogP contribution in [0.2, 0.25) is 0 Å². The van der Waals surface area contributed by atoms with Gasteiger partial charge < -0.3 is 10.1 Å². The molecule has 1 N–H and O–H groups in total. The van der Waals surface area contributed by atoms with Gasteiger partial charge in [-0.05, 0) is 17.5 Å². The fourth-order valence-electron chi connectivity index (χ4n) is 2.06. The topological polar surface area (TPSA) is 55.4 Å². The zero-order valence-corrected chi connectivity index (χ0v) is 13.2. The third kappa shape index (κ3) is 5.58. The number of esters is 1. The molecule has 0 aliphatic carbocycles. The van der Waals surface area contributed by atoms with Crippen molar-refractivity contribution in [2.75, 3.05) is 7.11 Å². The van der Waals surface area contributed by atoms with Gasteiger partial charge >= 0.3 is 12.1 Å². The summed E-state index contributed by atoms with van der Waals surface area (Å²) in [5.41, 5.74) is -0.584. The number of hydrogen-bond donors (Lipinski definition) is 1. The second-order valence-electron chi connectivity index (χ2n) is 5.33. The summed E-state index contributed by atoms with van der Waals surface area (Å²) in [5.74, 6) is -1.25. The highest BCUT2D eigenvalue weighted by Crippen LogP contribution is 2.29. The standard InChI is InChI=1S/C16H20F3NO3/c1-4-10(2)14(15(22)23-3)20-13(21)9-11-6-5-7-12(8-11)16(17,18)19/h5-8,10,14H,4,9H2,1-3H3,(H,20,21)/t10-,14-/m1/s1. The van der Waals surface area contributed by atoms with E-state index in [1.54, 1.807) is 6.92 Å². The van der Waals surface area contributed by atoms with Crippen LogP contribution in [0.3, 0.4) is 0 Å². The van der Waals surface area contributed by atoms with Crippen LogP contribution in [0.1, 0.15) is 31.4 Å². The smallest absolute Gasteiger partial charge is 0.416 e. The summed E-state index contributed by atoms with van der Waals surface area (Å²) in [4.78, 5) is 23.7. The molecule has 0 fully saturated rings. The van der Waals surface area contributed by atoms with Gasteiger partial charge in [-0.15, -0.1) is 0 Å². The summed E-state index contributed by atoms with van der Waals surface area (Å²) in [6.07, 6.45) is -4.06. The van der Waals surface area contributed by atoms with Crippen molar-refractivity contribution in [3.8, 4) is 0 Å². The van der Waals surface area contributed by atoms with Crippen LogP contribution in [0, 0.1) is 5.92 Å². The Morgan fingerprint density at radius 3 is 2.48 bits per heavy atom. The summed E-state index contributed by atoms with van der Waals surface area (Å²) >= 11 is 0. The molecule has 128 valence electrons. The van der Waals surface area contributed by atoms with E-state index in [2.05, 4.69) is 10.1 Å². The van der Waals surface area contributed by atoms with Crippen LogP contribution in [0.25, 0.3) is 0 Å². The lowest BCUT2D eigenvalue weighted by molar-refractivity contribution is -0.146. The van der Waals surface area contributed by atoms with Gasteiger partial charge in [0.15, 0.2) is 0 Å². The number of methoxy groups -OCH3 is 1. The number of halogens is 3. The maximum atomic E-state index is 12.7. The minimum Gasteiger partial charge on any atom is -0.467 e. The van der Waals surface area contributed by atoms with Gasteiger partial charge in [-0.2, -0.15) is 13.2 Å². The van der Waals surface area contributed by atoms with Crippen LogP contribution in [0.4, 0.5) is 13.2 Å². The molecule has 1 amide bonds. The molecular weight excluding hydrogens is 311 g/mol. The van der Waals surface area contributed by atoms with Crippen LogP contribution < -0.4 is 5.32 Å². The third-order valence-corrected chi connectivity index (χ3v) is 3.60. The zero-order valence-electron chi connectivity index (χ0n) is 13.2. The van der Waals surface area contributed by atoms with E-state index in [1.807, 2.05) is 6.92 Å². The summed E-state index contributed by atoms with van der Waals surface area (Å²) in [5, 5.41) is 2.53. The number of carbonyl (C=O) groups excluding carboxylic acids is 2. The van der Waals surface area contributed by atoms with Crippen LogP contribution >= 0.6 is 0 Å². The molecule has 0 aromatic heterocycles. The molecule has 1 aromatic carbocycles. The molecule has 0 aliphatic heterocycles. The first kappa shape index (κ1) is 19.0. The molecule has 0 unspecified atom stereocenters. The van der Waals surface area contributed by atoms with Crippen LogP contribution in [0.5, 0.6) is 0 Å². The van der Waals surface area contributed by atoms with E-state index in [0.717, 1.165) is 12.1 Å². The van der Waals surface area contributed by atoms with E-state index in [-0.39, 0.29) is 17.9 Å². The highest BCUT2D eigenvalue weighted by Gasteiger charge is 2.31. The average Bonchev–Trinajstić information content (AvgIpc) is 2.50. The largest absolute Gasteiger partial charge is 0.467 e. The van der Waals surface area contributed by atoms with Gasteiger partial charge in [0.05, 0.1) is 19.1 Å². The quantitative estimate of drug-likeness (QED) is 0.816. The van der Waals surface area contributed by atoms with Crippen molar-refractivity contribution < 1.29 is 27.5 Å². The lowest BCUT2D eigenvalue weighted by Gasteiger charge is -2.21. The normalized spacial score (nSPS) is 14.0. The maximum Gasteiger partial charge on any atom is 0.416 e. The number of hydrogen-bond acceptors (Lipinski definition) is 3. The third-order valence-electron chi connectivity index (χ3n) is 3.60. The fourth-order valence-corrected chi connectivity index (χ4v) is 2.06. The summed E-state index contributed by atoms with van der Waals surface area (Å²) in [7, 11) is 1.22. The summed E-state index contributed by atoms with van der Waals surface area (Å²) < 4.78 is 42.6. The molecule has 1 aromatic rings. The van der Waals surface area contributed by atoms with Crippen molar-refractivity contribution >= 4 is 11.9 Å². The van der Waals surface area contributed by atoms with Crippen LogP contribution in [0.15, 0.2) is 24.3 Å². The summed E-state index contributed by atoms with van der Waals surface area (Å²) in [6.45, 7) is 3.64. The van der Waals surface area contributed by atoms with Crippen LogP contribution in [-0.4, -0.2) is 25.0 Å². The van der Waals surface area contributed by atoms with Crippen molar-refractivity contribution in [3.63, 3.8) is 0 Å². The minimum atomic E-state index is -4.46. The van der Waals surface area contributed by atoms with E-state index in [9.17, 15) is 22.8 Å². The second-order valence-corrected chi connectivity index (χ2v) is 5.33. The molecule has 7 heteroatoms. The van der Waals surface area contributed by atoms with Gasteiger partial charge in [0.25, 0.3) is 0 Å². The van der Waals surface area contributed by atoms with Gasteiger partial charge in [-0.25, -0.2) is 4.79 Å². The Morgan fingerprint density at radius 2 is 1.96 bits per heavy atom. The maximum absolute atomic E-state index is 12.7.